The molecule has 8 nitrogen and oxygen atoms in total. The SMILES string of the molecule is CCc1nc2c(CO)cc(C)nc2n1Cc1ccc(C(=O)N[C@H](C(=O)O)[C@@H](C)CC)cc1. The number of rotatable bonds is 9. The summed E-state index contributed by atoms with van der Waals surface area (Å²) in [6.07, 6.45) is 1.37. The van der Waals surface area contributed by atoms with Gasteiger partial charge in [-0.2, -0.15) is 0 Å². The summed E-state index contributed by atoms with van der Waals surface area (Å²) in [5, 5.41) is 21.7. The Morgan fingerprint density at radius 2 is 1.84 bits per heavy atom. The Hall–Kier alpha value is -3.26. The number of nitrogens with one attached hydrogen (secondary N) is 1. The number of aliphatic carboxylic acids is 1. The molecule has 2 heterocycles. The molecule has 8 heteroatoms. The molecule has 1 amide bonds. The summed E-state index contributed by atoms with van der Waals surface area (Å²) < 4.78 is 2.03. The number of carbonyl (C=O) groups excluding carboxylic acids is 1. The number of amides is 1. The molecule has 32 heavy (non-hydrogen) atoms. The van der Waals surface area contributed by atoms with E-state index in [0.29, 0.717) is 30.5 Å². The van der Waals surface area contributed by atoms with Gasteiger partial charge in [0, 0.05) is 23.2 Å². The average molecular weight is 439 g/mol. The number of aliphatic hydroxyl groups is 1. The maximum Gasteiger partial charge on any atom is 0.326 e. The van der Waals surface area contributed by atoms with E-state index in [1.165, 1.54) is 0 Å². The maximum atomic E-state index is 12.6. The molecule has 0 bridgehead atoms. The number of aromatic nitrogens is 3. The molecule has 0 aliphatic heterocycles. The highest BCUT2D eigenvalue weighted by atomic mass is 16.4. The first-order chi connectivity index (χ1) is 15.3. The normalized spacial score (nSPS) is 13.2. The molecule has 3 N–H and O–H groups in total. The van der Waals surface area contributed by atoms with Crippen LogP contribution in [-0.2, 0) is 24.4 Å². The standard InChI is InChI=1S/C24H30N4O4/c1-5-14(3)20(24(31)32)27-23(30)17-9-7-16(8-10-17)12-28-19(6-2)26-21-18(13-29)11-15(4)25-22(21)28/h7-11,14,20,29H,5-6,12-13H2,1-4H3,(H,27,30)(H,31,32)/t14-,20-/m0/s1. The second-order valence-corrected chi connectivity index (χ2v) is 8.09. The Kier molecular flexibility index (Phi) is 7.25. The number of benzene rings is 1. The summed E-state index contributed by atoms with van der Waals surface area (Å²) in [4.78, 5) is 33.4. The van der Waals surface area contributed by atoms with Gasteiger partial charge in [-0.3, -0.25) is 4.79 Å². The molecule has 0 aliphatic carbocycles. The van der Waals surface area contributed by atoms with Gasteiger partial charge < -0.3 is 20.1 Å². The zero-order chi connectivity index (χ0) is 23.4. The van der Waals surface area contributed by atoms with Gasteiger partial charge in [0.1, 0.15) is 17.4 Å². The third-order valence-corrected chi connectivity index (χ3v) is 5.80. The van der Waals surface area contributed by atoms with Gasteiger partial charge in [-0.1, -0.05) is 39.3 Å². The van der Waals surface area contributed by atoms with Gasteiger partial charge in [0.15, 0.2) is 5.65 Å². The van der Waals surface area contributed by atoms with E-state index in [4.69, 9.17) is 0 Å². The smallest absolute Gasteiger partial charge is 0.326 e. The zero-order valence-corrected chi connectivity index (χ0v) is 18.9. The molecule has 0 saturated heterocycles. The number of carbonyl (C=O) groups is 2. The van der Waals surface area contributed by atoms with Crippen LogP contribution in [0.25, 0.3) is 11.2 Å². The van der Waals surface area contributed by atoms with Crippen LogP contribution in [0.15, 0.2) is 30.3 Å². The number of hydrogen-bond donors (Lipinski definition) is 3. The molecule has 0 radical (unpaired) electrons. The first-order valence-electron chi connectivity index (χ1n) is 10.9. The second-order valence-electron chi connectivity index (χ2n) is 8.09. The maximum absolute atomic E-state index is 12.6. The molecule has 3 aromatic rings. The largest absolute Gasteiger partial charge is 0.480 e. The lowest BCUT2D eigenvalue weighted by atomic mass is 9.99. The summed E-state index contributed by atoms with van der Waals surface area (Å²) in [7, 11) is 0. The van der Waals surface area contributed by atoms with E-state index in [1.54, 1.807) is 19.1 Å². The van der Waals surface area contributed by atoms with E-state index in [1.807, 2.05) is 43.5 Å². The van der Waals surface area contributed by atoms with Gasteiger partial charge in [-0.15, -0.1) is 0 Å². The van der Waals surface area contributed by atoms with Gasteiger partial charge in [-0.05, 0) is 36.6 Å². The van der Waals surface area contributed by atoms with Gasteiger partial charge >= 0.3 is 5.97 Å². The molecule has 3 rings (SSSR count). The van der Waals surface area contributed by atoms with Crippen molar-refractivity contribution in [1.29, 1.82) is 0 Å². The van der Waals surface area contributed by atoms with Crippen molar-refractivity contribution < 1.29 is 19.8 Å². The van der Waals surface area contributed by atoms with Crippen LogP contribution in [0.3, 0.4) is 0 Å². The van der Waals surface area contributed by atoms with Crippen molar-refractivity contribution in [2.24, 2.45) is 5.92 Å². The van der Waals surface area contributed by atoms with Crippen molar-refractivity contribution in [2.45, 2.75) is 59.7 Å². The van der Waals surface area contributed by atoms with Crippen LogP contribution in [0, 0.1) is 12.8 Å². The van der Waals surface area contributed by atoms with Gasteiger partial charge in [-0.25, -0.2) is 14.8 Å². The number of fused-ring (bicyclic) bond motifs is 1. The number of hydrogen-bond acceptors (Lipinski definition) is 5. The topological polar surface area (TPSA) is 117 Å². The van der Waals surface area contributed by atoms with Crippen LogP contribution in [-0.4, -0.2) is 42.7 Å². The molecule has 0 unspecified atom stereocenters. The van der Waals surface area contributed by atoms with E-state index in [2.05, 4.69) is 15.3 Å². The summed E-state index contributed by atoms with van der Waals surface area (Å²) in [6.45, 7) is 8.03. The summed E-state index contributed by atoms with van der Waals surface area (Å²) >= 11 is 0. The number of carboxylic acids is 1. The molecule has 1 aromatic carbocycles. The van der Waals surface area contributed by atoms with Gasteiger partial charge in [0.25, 0.3) is 5.91 Å². The van der Waals surface area contributed by atoms with Crippen molar-refractivity contribution >= 4 is 23.0 Å². The van der Waals surface area contributed by atoms with Crippen LogP contribution < -0.4 is 5.32 Å². The molecule has 0 aliphatic rings. The van der Waals surface area contributed by atoms with E-state index in [-0.39, 0.29) is 12.5 Å². The summed E-state index contributed by atoms with van der Waals surface area (Å²) in [6, 6.07) is 8.01. The lowest BCUT2D eigenvalue weighted by Crippen LogP contribution is -2.45. The number of carboxylic acid groups (broad SMARTS) is 1. The fraction of sp³-hybridized carbons (Fsp3) is 0.417. The lowest BCUT2D eigenvalue weighted by molar-refractivity contribution is -0.140. The van der Waals surface area contributed by atoms with E-state index >= 15 is 0 Å². The fourth-order valence-corrected chi connectivity index (χ4v) is 3.75. The highest BCUT2D eigenvalue weighted by Gasteiger charge is 2.25. The fourth-order valence-electron chi connectivity index (χ4n) is 3.75. The molecular weight excluding hydrogens is 408 g/mol. The van der Waals surface area contributed by atoms with E-state index in [0.717, 1.165) is 28.3 Å². The van der Waals surface area contributed by atoms with Gasteiger partial charge in [0.2, 0.25) is 0 Å². The monoisotopic (exact) mass is 438 g/mol. The van der Waals surface area contributed by atoms with Crippen molar-refractivity contribution in [3.63, 3.8) is 0 Å². The summed E-state index contributed by atoms with van der Waals surface area (Å²) in [5.74, 6) is -0.741. The minimum Gasteiger partial charge on any atom is -0.480 e. The third kappa shape index (κ3) is 4.80. The Morgan fingerprint density at radius 3 is 2.41 bits per heavy atom. The van der Waals surface area contributed by atoms with Crippen LogP contribution in [0.5, 0.6) is 0 Å². The Balaban J connectivity index is 1.85. The first-order valence-corrected chi connectivity index (χ1v) is 10.9. The van der Waals surface area contributed by atoms with Crippen LogP contribution in [0.2, 0.25) is 0 Å². The number of pyridine rings is 1. The Labute approximate surface area is 187 Å². The second kappa shape index (κ2) is 9.91. The minimum absolute atomic E-state index is 0.0994. The summed E-state index contributed by atoms with van der Waals surface area (Å²) in [5.41, 5.74) is 4.36. The van der Waals surface area contributed by atoms with Crippen LogP contribution in [0.1, 0.15) is 60.2 Å². The molecule has 0 fully saturated rings. The molecule has 170 valence electrons. The Morgan fingerprint density at radius 1 is 1.16 bits per heavy atom. The zero-order valence-electron chi connectivity index (χ0n) is 18.9. The third-order valence-electron chi connectivity index (χ3n) is 5.80. The number of aryl methyl sites for hydroxylation is 2. The first kappa shape index (κ1) is 23.4. The van der Waals surface area contributed by atoms with Gasteiger partial charge in [0.05, 0.1) is 13.2 Å². The highest BCUT2D eigenvalue weighted by molar-refractivity contribution is 5.96. The molecule has 2 aromatic heterocycles. The van der Waals surface area contributed by atoms with Crippen molar-refractivity contribution in [2.75, 3.05) is 0 Å². The van der Waals surface area contributed by atoms with Crippen molar-refractivity contribution in [1.82, 2.24) is 19.9 Å². The van der Waals surface area contributed by atoms with Crippen LogP contribution in [0.4, 0.5) is 0 Å². The highest BCUT2D eigenvalue weighted by Crippen LogP contribution is 2.22. The lowest BCUT2D eigenvalue weighted by Gasteiger charge is -2.20. The molecular formula is C24H30N4O4. The molecule has 0 spiro atoms. The number of nitrogens with zero attached hydrogens (tertiary/aromatic N) is 3. The Bertz CT molecular complexity index is 1120. The van der Waals surface area contributed by atoms with E-state index in [9.17, 15) is 19.8 Å². The molecule has 0 saturated carbocycles. The number of imidazole rings is 1. The van der Waals surface area contributed by atoms with Crippen molar-refractivity contribution in [3.8, 4) is 0 Å². The quantitative estimate of drug-likeness (QED) is 0.473. The predicted octanol–water partition coefficient (Wildman–Crippen LogP) is 3.07. The molecule has 2 atom stereocenters. The average Bonchev–Trinajstić information content (AvgIpc) is 3.13. The van der Waals surface area contributed by atoms with Crippen molar-refractivity contribution in [3.05, 3.63) is 58.5 Å². The minimum atomic E-state index is -1.03. The van der Waals surface area contributed by atoms with Crippen LogP contribution >= 0.6 is 0 Å². The van der Waals surface area contributed by atoms with E-state index < -0.39 is 17.9 Å². The predicted molar refractivity (Wildman–Crippen MR) is 121 cm³/mol. The number of aliphatic hydroxyl groups excluding tert-OH is 1.